The highest BCUT2D eigenvalue weighted by Gasteiger charge is 2.54. The number of carbonyl (C=O) groups excluding carboxylic acids is 4. The van der Waals surface area contributed by atoms with Crippen LogP contribution in [0.1, 0.15) is 30.1 Å². The van der Waals surface area contributed by atoms with Crippen molar-refractivity contribution in [3.63, 3.8) is 0 Å². The van der Waals surface area contributed by atoms with Gasteiger partial charge in [-0.05, 0) is 35.4 Å². The van der Waals surface area contributed by atoms with Gasteiger partial charge < -0.3 is 23.7 Å². The third kappa shape index (κ3) is 2.91. The Kier molecular flexibility index (Phi) is 4.35. The maximum Gasteiger partial charge on any atom is 0.310 e. The van der Waals surface area contributed by atoms with E-state index < -0.39 is 47.4 Å². The smallest absolute Gasteiger partial charge is 0.310 e. The van der Waals surface area contributed by atoms with Crippen molar-refractivity contribution in [1.82, 2.24) is 0 Å². The van der Waals surface area contributed by atoms with Gasteiger partial charge in [0, 0.05) is 24.3 Å². The van der Waals surface area contributed by atoms with Crippen LogP contribution in [0.5, 0.6) is 11.5 Å². The highest BCUT2D eigenvalue weighted by Crippen LogP contribution is 2.55. The van der Waals surface area contributed by atoms with Crippen molar-refractivity contribution in [2.24, 2.45) is 11.8 Å². The second kappa shape index (κ2) is 6.97. The number of esters is 2. The molecule has 0 bridgehead atoms. The molecular weight excluding hydrogens is 408 g/mol. The third-order valence-electron chi connectivity index (χ3n) is 6.03. The summed E-state index contributed by atoms with van der Waals surface area (Å²) in [6, 6.07) is 3.46. The van der Waals surface area contributed by atoms with E-state index in [2.05, 4.69) is 0 Å². The van der Waals surface area contributed by atoms with Gasteiger partial charge in [-0.2, -0.15) is 0 Å². The molecule has 0 saturated carbocycles. The Morgan fingerprint density at radius 3 is 2.42 bits per heavy atom. The molecule has 0 aromatic heterocycles. The zero-order valence-electron chi connectivity index (χ0n) is 16.7. The zero-order chi connectivity index (χ0) is 21.9. The number of hydrogen-bond donors (Lipinski definition) is 0. The minimum atomic E-state index is -0.753. The topological polar surface area (TPSA) is 114 Å². The minimum absolute atomic E-state index is 0.0411. The maximum atomic E-state index is 12.8. The molecule has 1 aromatic rings. The van der Waals surface area contributed by atoms with Crippen molar-refractivity contribution in [2.75, 3.05) is 20.5 Å². The predicted octanol–water partition coefficient (Wildman–Crippen LogP) is 1.51. The van der Waals surface area contributed by atoms with Crippen LogP contribution in [0.3, 0.4) is 0 Å². The molecular formula is C22H18O9. The van der Waals surface area contributed by atoms with Gasteiger partial charge in [-0.15, -0.1) is 0 Å². The van der Waals surface area contributed by atoms with Gasteiger partial charge >= 0.3 is 11.9 Å². The SMILES string of the molecule is COC1=CC(C2c3cc4c(cc3[C@H](OC(C)=O)[C@H]3COC(=O)[C@H]23)OCO4)=CC(=O)C1=O. The summed E-state index contributed by atoms with van der Waals surface area (Å²) in [4.78, 5) is 49.0. The monoisotopic (exact) mass is 426 g/mol. The van der Waals surface area contributed by atoms with Gasteiger partial charge in [-0.25, -0.2) is 0 Å². The molecule has 2 heterocycles. The summed E-state index contributed by atoms with van der Waals surface area (Å²) in [5.41, 5.74) is 1.72. The molecule has 9 heteroatoms. The van der Waals surface area contributed by atoms with E-state index in [-0.39, 0.29) is 19.2 Å². The van der Waals surface area contributed by atoms with Crippen molar-refractivity contribution in [3.8, 4) is 11.5 Å². The molecule has 1 unspecified atom stereocenters. The Balaban J connectivity index is 1.72. The Bertz CT molecular complexity index is 1100. The van der Waals surface area contributed by atoms with Gasteiger partial charge in [0.1, 0.15) is 6.10 Å². The summed E-state index contributed by atoms with van der Waals surface area (Å²) in [7, 11) is 1.30. The molecule has 2 aliphatic heterocycles. The van der Waals surface area contributed by atoms with Gasteiger partial charge in [-0.1, -0.05) is 0 Å². The van der Waals surface area contributed by atoms with Crippen molar-refractivity contribution in [3.05, 3.63) is 46.7 Å². The lowest BCUT2D eigenvalue weighted by Gasteiger charge is -2.39. The fourth-order valence-corrected chi connectivity index (χ4v) is 4.77. The first kappa shape index (κ1) is 19.3. The second-order valence-corrected chi connectivity index (χ2v) is 7.71. The summed E-state index contributed by atoms with van der Waals surface area (Å²) in [6.07, 6.45) is 1.96. The van der Waals surface area contributed by atoms with Gasteiger partial charge in [-0.3, -0.25) is 19.2 Å². The normalized spacial score (nSPS) is 28.3. The minimum Gasteiger partial charge on any atom is -0.492 e. The van der Waals surface area contributed by atoms with E-state index in [1.807, 2.05) is 0 Å². The first-order valence-electron chi connectivity index (χ1n) is 9.72. The summed E-state index contributed by atoms with van der Waals surface area (Å²) < 4.78 is 27.0. The highest BCUT2D eigenvalue weighted by molar-refractivity contribution is 6.47. The van der Waals surface area contributed by atoms with Crippen LogP contribution in [0.4, 0.5) is 0 Å². The third-order valence-corrected chi connectivity index (χ3v) is 6.03. The first-order valence-corrected chi connectivity index (χ1v) is 9.72. The molecule has 9 nitrogen and oxygen atoms in total. The number of hydrogen-bond acceptors (Lipinski definition) is 9. The van der Waals surface area contributed by atoms with Crippen LogP contribution in [-0.2, 0) is 33.4 Å². The van der Waals surface area contributed by atoms with Crippen LogP contribution in [0.2, 0.25) is 0 Å². The van der Waals surface area contributed by atoms with Crippen molar-refractivity contribution < 1.29 is 42.9 Å². The number of ketones is 2. The Morgan fingerprint density at radius 1 is 1.03 bits per heavy atom. The van der Waals surface area contributed by atoms with E-state index in [0.29, 0.717) is 28.2 Å². The Hall–Kier alpha value is -3.62. The van der Waals surface area contributed by atoms with E-state index >= 15 is 0 Å². The maximum absolute atomic E-state index is 12.8. The Morgan fingerprint density at radius 2 is 1.74 bits per heavy atom. The number of fused-ring (bicyclic) bond motifs is 3. The number of rotatable bonds is 3. The quantitative estimate of drug-likeness (QED) is 0.403. The summed E-state index contributed by atoms with van der Waals surface area (Å²) in [5.74, 6) is -3.40. The molecule has 2 aliphatic carbocycles. The number of allylic oxidation sites excluding steroid dienone is 4. The van der Waals surface area contributed by atoms with E-state index in [1.54, 1.807) is 12.1 Å². The lowest BCUT2D eigenvalue weighted by atomic mass is 9.65. The van der Waals surface area contributed by atoms with Crippen LogP contribution in [0.15, 0.2) is 35.6 Å². The van der Waals surface area contributed by atoms with Crippen LogP contribution in [0.25, 0.3) is 0 Å². The number of ether oxygens (including phenoxy) is 5. The van der Waals surface area contributed by atoms with Gasteiger partial charge in [0.2, 0.25) is 12.6 Å². The molecule has 4 atom stereocenters. The van der Waals surface area contributed by atoms with E-state index in [1.165, 1.54) is 26.2 Å². The Labute approximate surface area is 176 Å². The molecule has 0 N–H and O–H groups in total. The number of cyclic esters (lactones) is 1. The zero-order valence-corrected chi connectivity index (χ0v) is 16.7. The molecule has 1 saturated heterocycles. The van der Waals surface area contributed by atoms with Gasteiger partial charge in [0.15, 0.2) is 17.3 Å². The summed E-state index contributed by atoms with van der Waals surface area (Å²) in [6.45, 7) is 1.40. The van der Waals surface area contributed by atoms with Crippen molar-refractivity contribution in [1.29, 1.82) is 0 Å². The van der Waals surface area contributed by atoms with E-state index in [0.717, 1.165) is 0 Å². The van der Waals surface area contributed by atoms with Crippen LogP contribution in [0, 0.1) is 11.8 Å². The molecule has 4 aliphatic rings. The molecule has 1 fully saturated rings. The summed E-state index contributed by atoms with van der Waals surface area (Å²) >= 11 is 0. The van der Waals surface area contributed by atoms with Gasteiger partial charge in [0.25, 0.3) is 5.78 Å². The standard InChI is InChI=1S/C22H18O9/c1-9(23)31-21-12-6-16-15(29-8-30-16)5-11(12)18(19-13(21)7-28-22(19)26)10-3-14(24)20(25)17(4-10)27-2/h3-6,13,18-19,21H,7-8H2,1-2H3/t13-,18?,19-,21-/m0/s1. The summed E-state index contributed by atoms with van der Waals surface area (Å²) in [5, 5.41) is 0. The van der Waals surface area contributed by atoms with E-state index in [4.69, 9.17) is 23.7 Å². The molecule has 0 spiro atoms. The average Bonchev–Trinajstić information content (AvgIpc) is 3.35. The first-order chi connectivity index (χ1) is 14.9. The molecule has 31 heavy (non-hydrogen) atoms. The number of Topliss-reactive ketones (excluding diaryl/α,β-unsaturated/α-hetero) is 1. The second-order valence-electron chi connectivity index (χ2n) is 7.71. The van der Waals surface area contributed by atoms with Crippen LogP contribution < -0.4 is 9.47 Å². The molecule has 1 aromatic carbocycles. The molecule has 5 rings (SSSR count). The highest BCUT2D eigenvalue weighted by atomic mass is 16.7. The van der Waals surface area contributed by atoms with Crippen LogP contribution in [-0.4, -0.2) is 44.0 Å². The average molecular weight is 426 g/mol. The molecule has 160 valence electrons. The largest absolute Gasteiger partial charge is 0.492 e. The fourth-order valence-electron chi connectivity index (χ4n) is 4.77. The lowest BCUT2D eigenvalue weighted by molar-refractivity contribution is -0.152. The van der Waals surface area contributed by atoms with Gasteiger partial charge in [0.05, 0.1) is 19.6 Å². The predicted molar refractivity (Wildman–Crippen MR) is 101 cm³/mol. The number of benzene rings is 1. The fraction of sp³-hybridized carbons (Fsp3) is 0.364. The number of carbonyl (C=O) groups is 4. The molecule has 0 radical (unpaired) electrons. The molecule has 0 amide bonds. The van der Waals surface area contributed by atoms with Crippen molar-refractivity contribution >= 4 is 23.5 Å². The number of methoxy groups -OCH3 is 1. The van der Waals surface area contributed by atoms with E-state index in [9.17, 15) is 19.2 Å². The van der Waals surface area contributed by atoms with Crippen LogP contribution >= 0.6 is 0 Å². The lowest BCUT2D eigenvalue weighted by Crippen LogP contribution is -2.37. The van der Waals surface area contributed by atoms with Crippen molar-refractivity contribution in [2.45, 2.75) is 18.9 Å².